The van der Waals surface area contributed by atoms with Gasteiger partial charge in [-0.05, 0) is 23.8 Å². The number of carbonyl (C=O) groups is 1. The van der Waals surface area contributed by atoms with Gasteiger partial charge >= 0.3 is 0 Å². The number of hydrogen-bond acceptors (Lipinski definition) is 3. The van der Waals surface area contributed by atoms with Gasteiger partial charge in [0.25, 0.3) is 5.91 Å². The lowest BCUT2D eigenvalue weighted by atomic mass is 10.1. The first-order valence-corrected chi connectivity index (χ1v) is 6.66. The zero-order chi connectivity index (χ0) is 15.1. The zero-order valence-electron chi connectivity index (χ0n) is 11.7. The van der Waals surface area contributed by atoms with E-state index in [0.717, 1.165) is 5.56 Å². The number of carbonyl (C=O) groups excluding carboxylic acids is 1. The molecule has 0 saturated heterocycles. The Morgan fingerprint density at radius 2 is 2.00 bits per heavy atom. The lowest BCUT2D eigenvalue weighted by Crippen LogP contribution is -2.22. The second-order valence-corrected chi connectivity index (χ2v) is 4.52. The topological polar surface area (TPSA) is 64.3 Å². The molecule has 0 fully saturated rings. The van der Waals surface area contributed by atoms with Crippen molar-refractivity contribution in [3.05, 3.63) is 72.3 Å². The highest BCUT2D eigenvalue weighted by Gasteiger charge is 2.09. The van der Waals surface area contributed by atoms with E-state index in [-0.39, 0.29) is 5.91 Å². The predicted octanol–water partition coefficient (Wildman–Crippen LogP) is 2.76. The Morgan fingerprint density at radius 3 is 2.71 bits per heavy atom. The number of ether oxygens (including phenoxy) is 1. The highest BCUT2D eigenvalue weighted by atomic mass is 16.5. The lowest BCUT2D eigenvalue weighted by molar-refractivity contribution is 0.0950. The summed E-state index contributed by atoms with van der Waals surface area (Å²) in [6.45, 7) is 4.41. The largest absolute Gasteiger partial charge is 0.487 e. The number of rotatable bonds is 6. The molecular formula is C17H18N2O2. The average Bonchev–Trinajstić information content (AvgIpc) is 2.53. The van der Waals surface area contributed by atoms with Gasteiger partial charge in [0.1, 0.15) is 12.4 Å². The van der Waals surface area contributed by atoms with E-state index in [1.807, 2.05) is 30.3 Å². The van der Waals surface area contributed by atoms with E-state index in [9.17, 15) is 4.79 Å². The molecule has 0 aliphatic heterocycles. The van der Waals surface area contributed by atoms with Crippen LogP contribution in [0.25, 0.3) is 0 Å². The maximum absolute atomic E-state index is 12.1. The van der Waals surface area contributed by atoms with Crippen LogP contribution in [0, 0.1) is 0 Å². The minimum atomic E-state index is -0.165. The van der Waals surface area contributed by atoms with Crippen molar-refractivity contribution in [2.45, 2.75) is 6.54 Å². The molecule has 0 heterocycles. The Bertz CT molecular complexity index is 624. The van der Waals surface area contributed by atoms with Crippen LogP contribution in [0.2, 0.25) is 0 Å². The van der Waals surface area contributed by atoms with Gasteiger partial charge in [-0.15, -0.1) is 0 Å². The average molecular weight is 282 g/mol. The first-order chi connectivity index (χ1) is 10.2. The van der Waals surface area contributed by atoms with E-state index in [4.69, 9.17) is 10.5 Å². The Hall–Kier alpha value is -2.75. The van der Waals surface area contributed by atoms with Crippen LogP contribution in [0.5, 0.6) is 5.75 Å². The number of anilines is 1. The summed E-state index contributed by atoms with van der Waals surface area (Å²) in [6, 6.07) is 14.7. The summed E-state index contributed by atoms with van der Waals surface area (Å²) in [6.07, 6.45) is 1.63. The molecule has 0 spiro atoms. The fourth-order valence-corrected chi connectivity index (χ4v) is 1.83. The van der Waals surface area contributed by atoms with Crippen LogP contribution >= 0.6 is 0 Å². The molecule has 0 atom stereocenters. The summed E-state index contributed by atoms with van der Waals surface area (Å²) in [7, 11) is 0. The van der Waals surface area contributed by atoms with Crippen molar-refractivity contribution in [3.63, 3.8) is 0 Å². The molecule has 0 unspecified atom stereocenters. The fourth-order valence-electron chi connectivity index (χ4n) is 1.83. The van der Waals surface area contributed by atoms with E-state index in [2.05, 4.69) is 11.9 Å². The van der Waals surface area contributed by atoms with E-state index < -0.39 is 0 Å². The molecule has 4 nitrogen and oxygen atoms in total. The monoisotopic (exact) mass is 282 g/mol. The smallest absolute Gasteiger partial charge is 0.251 e. The maximum Gasteiger partial charge on any atom is 0.251 e. The molecule has 0 aliphatic carbocycles. The van der Waals surface area contributed by atoms with Crippen LogP contribution in [0.3, 0.4) is 0 Å². The molecule has 21 heavy (non-hydrogen) atoms. The third kappa shape index (κ3) is 4.11. The quantitative estimate of drug-likeness (QED) is 0.632. The van der Waals surface area contributed by atoms with Crippen molar-refractivity contribution in [1.82, 2.24) is 5.32 Å². The fraction of sp³-hybridized carbons (Fsp3) is 0.118. The zero-order valence-corrected chi connectivity index (χ0v) is 11.7. The lowest BCUT2D eigenvalue weighted by Gasteiger charge is -2.10. The first-order valence-electron chi connectivity index (χ1n) is 6.66. The molecule has 2 rings (SSSR count). The third-order valence-electron chi connectivity index (χ3n) is 2.93. The highest BCUT2D eigenvalue weighted by molar-refractivity contribution is 5.95. The second kappa shape index (κ2) is 7.14. The minimum absolute atomic E-state index is 0.165. The molecule has 3 N–H and O–H groups in total. The van der Waals surface area contributed by atoms with Gasteiger partial charge in [0.05, 0.1) is 5.69 Å². The van der Waals surface area contributed by atoms with Gasteiger partial charge in [-0.25, -0.2) is 0 Å². The Labute approximate surface area is 124 Å². The number of hydrogen-bond donors (Lipinski definition) is 2. The van der Waals surface area contributed by atoms with E-state index in [1.54, 1.807) is 24.3 Å². The summed E-state index contributed by atoms with van der Waals surface area (Å²) in [4.78, 5) is 12.1. The van der Waals surface area contributed by atoms with E-state index in [1.165, 1.54) is 0 Å². The summed E-state index contributed by atoms with van der Waals surface area (Å²) in [5, 5.41) is 2.86. The SMILES string of the molecule is C=CCOc1cc(C(=O)NCc2ccccc2)ccc1N. The molecule has 108 valence electrons. The van der Waals surface area contributed by atoms with Crippen LogP contribution in [0.1, 0.15) is 15.9 Å². The molecule has 0 radical (unpaired) electrons. The second-order valence-electron chi connectivity index (χ2n) is 4.52. The van der Waals surface area contributed by atoms with Gasteiger partial charge in [0.2, 0.25) is 0 Å². The molecular weight excluding hydrogens is 264 g/mol. The van der Waals surface area contributed by atoms with Crippen LogP contribution in [-0.4, -0.2) is 12.5 Å². The Kier molecular flexibility index (Phi) is 4.99. The molecule has 4 heteroatoms. The van der Waals surface area contributed by atoms with Crippen molar-refractivity contribution in [2.24, 2.45) is 0 Å². The van der Waals surface area contributed by atoms with Crippen LogP contribution < -0.4 is 15.8 Å². The summed E-state index contributed by atoms with van der Waals surface area (Å²) in [5.41, 5.74) is 7.86. The normalized spacial score (nSPS) is 9.90. The summed E-state index contributed by atoms with van der Waals surface area (Å²) >= 11 is 0. The Balaban J connectivity index is 2.03. The van der Waals surface area contributed by atoms with Gasteiger partial charge in [0.15, 0.2) is 0 Å². The third-order valence-corrected chi connectivity index (χ3v) is 2.93. The van der Waals surface area contributed by atoms with Crippen LogP contribution in [0.15, 0.2) is 61.2 Å². The van der Waals surface area contributed by atoms with E-state index in [0.29, 0.717) is 30.2 Å². The molecule has 0 aliphatic rings. The van der Waals surface area contributed by atoms with Crippen molar-refractivity contribution >= 4 is 11.6 Å². The van der Waals surface area contributed by atoms with Crippen molar-refractivity contribution in [2.75, 3.05) is 12.3 Å². The van der Waals surface area contributed by atoms with Gasteiger partial charge in [-0.1, -0.05) is 43.0 Å². The predicted molar refractivity (Wildman–Crippen MR) is 84.2 cm³/mol. The summed E-state index contributed by atoms with van der Waals surface area (Å²) in [5.74, 6) is 0.324. The van der Waals surface area contributed by atoms with Crippen molar-refractivity contribution in [3.8, 4) is 5.75 Å². The highest BCUT2D eigenvalue weighted by Crippen LogP contribution is 2.22. The van der Waals surface area contributed by atoms with E-state index >= 15 is 0 Å². The van der Waals surface area contributed by atoms with Crippen molar-refractivity contribution < 1.29 is 9.53 Å². The number of nitrogens with two attached hydrogens (primary N) is 1. The molecule has 0 bridgehead atoms. The molecule has 1 amide bonds. The van der Waals surface area contributed by atoms with Gasteiger partial charge in [-0.3, -0.25) is 4.79 Å². The molecule has 0 aromatic heterocycles. The minimum Gasteiger partial charge on any atom is -0.487 e. The van der Waals surface area contributed by atoms with Crippen LogP contribution in [-0.2, 0) is 6.54 Å². The molecule has 0 saturated carbocycles. The number of nitrogen functional groups attached to an aromatic ring is 1. The summed E-state index contributed by atoms with van der Waals surface area (Å²) < 4.78 is 5.42. The van der Waals surface area contributed by atoms with Crippen molar-refractivity contribution in [1.29, 1.82) is 0 Å². The number of amides is 1. The molecule has 2 aromatic carbocycles. The standard InChI is InChI=1S/C17H18N2O2/c1-2-10-21-16-11-14(8-9-15(16)18)17(20)19-12-13-6-4-3-5-7-13/h2-9,11H,1,10,12,18H2,(H,19,20). The molecule has 2 aromatic rings. The van der Waals surface area contributed by atoms with Crippen LogP contribution in [0.4, 0.5) is 5.69 Å². The number of benzene rings is 2. The van der Waals surface area contributed by atoms with Gasteiger partial charge in [-0.2, -0.15) is 0 Å². The Morgan fingerprint density at radius 1 is 1.24 bits per heavy atom. The first kappa shape index (κ1) is 14.7. The van der Waals surface area contributed by atoms with Gasteiger partial charge in [0, 0.05) is 12.1 Å². The van der Waals surface area contributed by atoms with Gasteiger partial charge < -0.3 is 15.8 Å². The maximum atomic E-state index is 12.1. The number of nitrogens with one attached hydrogen (secondary N) is 1.